The van der Waals surface area contributed by atoms with Crippen LogP contribution in [-0.4, -0.2) is 10.4 Å². The lowest BCUT2D eigenvalue weighted by Gasteiger charge is -2.25. The molecule has 1 unspecified atom stereocenters. The second-order valence-corrected chi connectivity index (χ2v) is 4.15. The first-order valence-corrected chi connectivity index (χ1v) is 5.10. The first-order valence-electron chi connectivity index (χ1n) is 4.35. The Bertz CT molecular complexity index is 407. The molecule has 2 rings (SSSR count). The van der Waals surface area contributed by atoms with Gasteiger partial charge in [0, 0.05) is 5.23 Å². The maximum absolute atomic E-state index is 9.60. The molecule has 1 aliphatic rings. The van der Waals surface area contributed by atoms with E-state index in [-0.39, 0.29) is 5.03 Å². The molecule has 1 heterocycles. The Kier molecular flexibility index (Phi) is 2.64. The number of hydrogen-bond acceptors (Lipinski definition) is 3. The quantitative estimate of drug-likeness (QED) is 0.610. The molecule has 1 N–H and O–H groups in total. The molecule has 1 aliphatic heterocycles. The Morgan fingerprint density at radius 3 is 2.40 bits per heavy atom. The van der Waals surface area contributed by atoms with Crippen molar-refractivity contribution in [2.45, 2.75) is 11.9 Å². The predicted octanol–water partition coefficient (Wildman–Crippen LogP) is 3.18. The van der Waals surface area contributed by atoms with Crippen LogP contribution in [-0.2, 0) is 9.84 Å². The molecule has 0 aromatic heterocycles. The fourth-order valence-electron chi connectivity index (χ4n) is 1.45. The Morgan fingerprint density at radius 2 is 1.93 bits per heavy atom. The van der Waals surface area contributed by atoms with Crippen molar-refractivity contribution < 1.29 is 10.0 Å². The van der Waals surface area contributed by atoms with Crippen LogP contribution < -0.4 is 0 Å². The molecule has 0 radical (unpaired) electrons. The van der Waals surface area contributed by atoms with Crippen LogP contribution in [0.15, 0.2) is 41.1 Å². The van der Waals surface area contributed by atoms with Crippen LogP contribution in [0.25, 0.3) is 0 Å². The second kappa shape index (κ2) is 3.68. The molecule has 0 bridgehead atoms. The summed E-state index contributed by atoms with van der Waals surface area (Å²) in [7, 11) is 0. The van der Waals surface area contributed by atoms with Crippen molar-refractivity contribution in [3.05, 3.63) is 46.7 Å². The van der Waals surface area contributed by atoms with E-state index in [1.54, 1.807) is 19.1 Å². The Labute approximate surface area is 97.4 Å². The van der Waals surface area contributed by atoms with Gasteiger partial charge in [0.25, 0.3) is 0 Å². The molecule has 0 fully saturated rings. The monoisotopic (exact) mass is 245 g/mol. The van der Waals surface area contributed by atoms with Crippen LogP contribution in [0.1, 0.15) is 12.5 Å². The Hall–Kier alpha value is -0.740. The maximum atomic E-state index is 9.60. The first kappa shape index (κ1) is 10.8. The van der Waals surface area contributed by atoms with Gasteiger partial charge in [0.1, 0.15) is 10.8 Å². The average molecular weight is 246 g/mol. The van der Waals surface area contributed by atoms with Crippen LogP contribution >= 0.6 is 23.2 Å². The van der Waals surface area contributed by atoms with Crippen LogP contribution in [0.4, 0.5) is 0 Å². The number of hydroxylamine groups is 2. The largest absolute Gasteiger partial charge is 0.382 e. The summed E-state index contributed by atoms with van der Waals surface area (Å²) in [5.74, 6) is 0.387. The molecule has 0 aliphatic carbocycles. The lowest BCUT2D eigenvalue weighted by atomic mass is 10.1. The van der Waals surface area contributed by atoms with Gasteiger partial charge in [0.05, 0.1) is 0 Å². The fourth-order valence-corrected chi connectivity index (χ4v) is 1.96. The average Bonchev–Trinajstić information content (AvgIpc) is 2.45. The van der Waals surface area contributed by atoms with Gasteiger partial charge < -0.3 is 4.84 Å². The third-order valence-corrected chi connectivity index (χ3v) is 3.43. The standard InChI is InChI=1S/C10H9Cl2NO2/c1-7-9(11)10(12,13(14)15-7)8-5-3-2-4-6-8/h2-6,14H,1H3. The van der Waals surface area contributed by atoms with E-state index in [1.807, 2.05) is 18.2 Å². The van der Waals surface area contributed by atoms with E-state index in [4.69, 9.17) is 28.0 Å². The highest BCUT2D eigenvalue weighted by Gasteiger charge is 2.48. The minimum Gasteiger partial charge on any atom is -0.382 e. The molecule has 5 heteroatoms. The summed E-state index contributed by atoms with van der Waals surface area (Å²) >= 11 is 12.3. The van der Waals surface area contributed by atoms with Gasteiger partial charge in [-0.15, -0.1) is 0 Å². The highest BCUT2D eigenvalue weighted by atomic mass is 35.5. The molecule has 80 valence electrons. The zero-order chi connectivity index (χ0) is 11.1. The molecule has 3 nitrogen and oxygen atoms in total. The molecular formula is C10H9Cl2NO2. The lowest BCUT2D eigenvalue weighted by molar-refractivity contribution is -0.332. The summed E-state index contributed by atoms with van der Waals surface area (Å²) in [4.78, 5) is 3.61. The highest BCUT2D eigenvalue weighted by Crippen LogP contribution is 2.47. The van der Waals surface area contributed by atoms with E-state index in [1.165, 1.54) is 0 Å². The minimum absolute atomic E-state index is 0.262. The van der Waals surface area contributed by atoms with Gasteiger partial charge in [-0.3, -0.25) is 5.21 Å². The van der Waals surface area contributed by atoms with E-state index in [0.29, 0.717) is 16.5 Å². The maximum Gasteiger partial charge on any atom is 0.221 e. The number of hydrogen-bond donors (Lipinski definition) is 1. The topological polar surface area (TPSA) is 32.7 Å². The smallest absolute Gasteiger partial charge is 0.221 e. The van der Waals surface area contributed by atoms with Crippen LogP contribution in [0.5, 0.6) is 0 Å². The van der Waals surface area contributed by atoms with Crippen molar-refractivity contribution in [3.8, 4) is 0 Å². The minimum atomic E-state index is -1.34. The van der Waals surface area contributed by atoms with Gasteiger partial charge in [-0.25, -0.2) is 0 Å². The lowest BCUT2D eigenvalue weighted by Crippen LogP contribution is -2.34. The van der Waals surface area contributed by atoms with Crippen molar-refractivity contribution in [1.82, 2.24) is 5.23 Å². The van der Waals surface area contributed by atoms with Gasteiger partial charge in [-0.1, -0.05) is 53.5 Å². The third kappa shape index (κ3) is 1.52. The molecule has 0 amide bonds. The molecule has 15 heavy (non-hydrogen) atoms. The second-order valence-electron chi connectivity index (χ2n) is 3.22. The molecule has 0 saturated heterocycles. The third-order valence-electron chi connectivity index (χ3n) is 2.24. The summed E-state index contributed by atoms with van der Waals surface area (Å²) in [5.41, 5.74) is 0.649. The summed E-state index contributed by atoms with van der Waals surface area (Å²) in [6.07, 6.45) is 0. The number of halogens is 2. The summed E-state index contributed by atoms with van der Waals surface area (Å²) < 4.78 is 0. The normalized spacial score (nSPS) is 26.9. The van der Waals surface area contributed by atoms with Gasteiger partial charge >= 0.3 is 0 Å². The van der Waals surface area contributed by atoms with E-state index in [0.717, 1.165) is 0 Å². The Morgan fingerprint density at radius 1 is 1.33 bits per heavy atom. The summed E-state index contributed by atoms with van der Waals surface area (Å²) in [6, 6.07) is 9.00. The van der Waals surface area contributed by atoms with Gasteiger partial charge in [0.15, 0.2) is 0 Å². The van der Waals surface area contributed by atoms with E-state index in [2.05, 4.69) is 0 Å². The summed E-state index contributed by atoms with van der Waals surface area (Å²) in [6.45, 7) is 1.64. The zero-order valence-electron chi connectivity index (χ0n) is 7.95. The Balaban J connectivity index is 2.51. The molecule has 0 spiro atoms. The number of alkyl halides is 1. The van der Waals surface area contributed by atoms with Crippen LogP contribution in [0, 0.1) is 0 Å². The van der Waals surface area contributed by atoms with Crippen molar-refractivity contribution >= 4 is 23.2 Å². The van der Waals surface area contributed by atoms with E-state index >= 15 is 0 Å². The van der Waals surface area contributed by atoms with E-state index < -0.39 is 5.00 Å². The van der Waals surface area contributed by atoms with Gasteiger partial charge in [-0.05, 0) is 12.5 Å². The molecule has 0 saturated carbocycles. The fraction of sp³-hybridized carbons (Fsp3) is 0.200. The number of rotatable bonds is 1. The van der Waals surface area contributed by atoms with Crippen molar-refractivity contribution in [1.29, 1.82) is 0 Å². The molecule has 1 atom stereocenters. The SMILES string of the molecule is CC1=C(Cl)C(Cl)(c2ccccc2)N(O)O1. The number of allylic oxidation sites excluding steroid dienone is 1. The predicted molar refractivity (Wildman–Crippen MR) is 57.2 cm³/mol. The van der Waals surface area contributed by atoms with Gasteiger partial charge in [0.2, 0.25) is 5.00 Å². The van der Waals surface area contributed by atoms with Crippen molar-refractivity contribution in [2.24, 2.45) is 0 Å². The van der Waals surface area contributed by atoms with Gasteiger partial charge in [-0.2, -0.15) is 0 Å². The number of nitrogens with zero attached hydrogens (tertiary/aromatic N) is 1. The van der Waals surface area contributed by atoms with Crippen molar-refractivity contribution in [3.63, 3.8) is 0 Å². The highest BCUT2D eigenvalue weighted by molar-refractivity contribution is 6.39. The number of benzene rings is 1. The van der Waals surface area contributed by atoms with E-state index in [9.17, 15) is 5.21 Å². The summed E-state index contributed by atoms with van der Waals surface area (Å²) in [5, 5.41) is 10.4. The van der Waals surface area contributed by atoms with Crippen LogP contribution in [0.3, 0.4) is 0 Å². The molecule has 1 aromatic carbocycles. The first-order chi connectivity index (χ1) is 7.06. The van der Waals surface area contributed by atoms with Crippen LogP contribution in [0.2, 0.25) is 0 Å². The van der Waals surface area contributed by atoms with Crippen molar-refractivity contribution in [2.75, 3.05) is 0 Å². The zero-order valence-corrected chi connectivity index (χ0v) is 9.46. The molecular weight excluding hydrogens is 237 g/mol. The molecule has 1 aromatic rings.